The largest absolute Gasteiger partial charge is 0.492 e. The zero-order chi connectivity index (χ0) is 15.9. The first-order valence-electron chi connectivity index (χ1n) is 6.74. The van der Waals surface area contributed by atoms with E-state index in [9.17, 15) is 4.39 Å². The van der Waals surface area contributed by atoms with Crippen molar-refractivity contribution < 1.29 is 9.13 Å². The van der Waals surface area contributed by atoms with Crippen molar-refractivity contribution in [2.24, 2.45) is 0 Å². The van der Waals surface area contributed by atoms with E-state index in [1.165, 1.54) is 17.7 Å². The van der Waals surface area contributed by atoms with Crippen molar-refractivity contribution in [2.75, 3.05) is 18.5 Å². The van der Waals surface area contributed by atoms with Gasteiger partial charge >= 0.3 is 0 Å². The average molecular weight is 339 g/mol. The van der Waals surface area contributed by atoms with E-state index in [1.807, 2.05) is 31.2 Å². The summed E-state index contributed by atoms with van der Waals surface area (Å²) in [6.45, 7) is 3.06. The molecule has 3 nitrogen and oxygen atoms in total. The van der Waals surface area contributed by atoms with Gasteiger partial charge in [0.15, 0.2) is 5.11 Å². The smallest absolute Gasteiger partial charge is 0.170 e. The molecular weight excluding hydrogens is 323 g/mol. The number of hydrogen-bond acceptors (Lipinski definition) is 2. The Morgan fingerprint density at radius 1 is 1.23 bits per heavy atom. The summed E-state index contributed by atoms with van der Waals surface area (Å²) in [6.07, 6.45) is 0. The summed E-state index contributed by atoms with van der Waals surface area (Å²) in [7, 11) is 0. The lowest BCUT2D eigenvalue weighted by molar-refractivity contribution is 0.322. The molecule has 116 valence electrons. The quantitative estimate of drug-likeness (QED) is 0.633. The SMILES string of the molecule is Cc1ccc(OCCNC(=S)Nc2ccc(F)c(Cl)c2)cc1. The van der Waals surface area contributed by atoms with Gasteiger partial charge in [0.2, 0.25) is 0 Å². The molecule has 0 aromatic heterocycles. The number of halogens is 2. The molecule has 6 heteroatoms. The predicted molar refractivity (Wildman–Crippen MR) is 92.3 cm³/mol. The van der Waals surface area contributed by atoms with E-state index in [2.05, 4.69) is 10.6 Å². The Kier molecular flexibility index (Phi) is 5.98. The number of nitrogens with one attached hydrogen (secondary N) is 2. The van der Waals surface area contributed by atoms with Crippen LogP contribution in [0.15, 0.2) is 42.5 Å². The zero-order valence-corrected chi connectivity index (χ0v) is 13.6. The second-order valence-electron chi connectivity index (χ2n) is 4.67. The molecule has 0 bridgehead atoms. The highest BCUT2D eigenvalue weighted by Crippen LogP contribution is 2.19. The third-order valence-electron chi connectivity index (χ3n) is 2.85. The van der Waals surface area contributed by atoms with Gasteiger partial charge in [-0.1, -0.05) is 29.3 Å². The van der Waals surface area contributed by atoms with Crippen LogP contribution in [0.2, 0.25) is 5.02 Å². The Morgan fingerprint density at radius 2 is 1.95 bits per heavy atom. The minimum atomic E-state index is -0.461. The van der Waals surface area contributed by atoms with Crippen molar-refractivity contribution >= 4 is 34.6 Å². The van der Waals surface area contributed by atoms with Crippen LogP contribution in [0, 0.1) is 12.7 Å². The van der Waals surface area contributed by atoms with Crippen molar-refractivity contribution in [1.29, 1.82) is 0 Å². The van der Waals surface area contributed by atoms with Gasteiger partial charge in [0, 0.05) is 5.69 Å². The second kappa shape index (κ2) is 7.96. The summed E-state index contributed by atoms with van der Waals surface area (Å²) in [5.74, 6) is 0.356. The molecule has 0 saturated heterocycles. The van der Waals surface area contributed by atoms with E-state index in [0.29, 0.717) is 24.0 Å². The molecule has 0 aliphatic heterocycles. The van der Waals surface area contributed by atoms with Crippen LogP contribution >= 0.6 is 23.8 Å². The molecule has 0 aliphatic carbocycles. The highest BCUT2D eigenvalue weighted by Gasteiger charge is 2.02. The predicted octanol–water partition coefficient (Wildman–Crippen LogP) is 4.15. The Labute approximate surface area is 139 Å². The molecule has 2 aromatic carbocycles. The summed E-state index contributed by atoms with van der Waals surface area (Å²) in [6, 6.07) is 12.2. The van der Waals surface area contributed by atoms with Gasteiger partial charge in [0.05, 0.1) is 11.6 Å². The molecule has 0 atom stereocenters. The molecule has 0 saturated carbocycles. The van der Waals surface area contributed by atoms with Crippen molar-refractivity contribution in [3.05, 3.63) is 58.9 Å². The number of aryl methyl sites for hydroxylation is 1. The Morgan fingerprint density at radius 3 is 2.64 bits per heavy atom. The Balaban J connectivity index is 1.71. The van der Waals surface area contributed by atoms with Gasteiger partial charge in [-0.3, -0.25) is 0 Å². The lowest BCUT2D eigenvalue weighted by Gasteiger charge is -2.11. The lowest BCUT2D eigenvalue weighted by Crippen LogP contribution is -2.31. The van der Waals surface area contributed by atoms with Crippen LogP contribution in [-0.4, -0.2) is 18.3 Å². The van der Waals surface area contributed by atoms with E-state index in [1.54, 1.807) is 6.07 Å². The molecule has 2 aromatic rings. The van der Waals surface area contributed by atoms with Gasteiger partial charge in [-0.15, -0.1) is 0 Å². The summed E-state index contributed by atoms with van der Waals surface area (Å²) in [5, 5.41) is 6.41. The normalized spacial score (nSPS) is 10.1. The minimum Gasteiger partial charge on any atom is -0.492 e. The standard InChI is InChI=1S/C16H16ClFN2OS/c1-11-2-5-13(6-3-11)21-9-8-19-16(22)20-12-4-7-15(18)14(17)10-12/h2-7,10H,8-9H2,1H3,(H2,19,20,22). The number of rotatable bonds is 5. The molecule has 2 N–H and O–H groups in total. The van der Waals surface area contributed by atoms with Gasteiger partial charge in [0.1, 0.15) is 18.2 Å². The molecular formula is C16H16ClFN2OS. The molecule has 22 heavy (non-hydrogen) atoms. The van der Waals surface area contributed by atoms with Gasteiger partial charge in [-0.05, 0) is 49.5 Å². The van der Waals surface area contributed by atoms with E-state index in [0.717, 1.165) is 5.75 Å². The highest BCUT2D eigenvalue weighted by molar-refractivity contribution is 7.80. The summed E-state index contributed by atoms with van der Waals surface area (Å²) >= 11 is 10.8. The van der Waals surface area contributed by atoms with E-state index < -0.39 is 5.82 Å². The van der Waals surface area contributed by atoms with Gasteiger partial charge in [-0.25, -0.2) is 4.39 Å². The fourth-order valence-electron chi connectivity index (χ4n) is 1.72. The van der Waals surface area contributed by atoms with Crippen LogP contribution in [-0.2, 0) is 0 Å². The van der Waals surface area contributed by atoms with Crippen molar-refractivity contribution in [2.45, 2.75) is 6.92 Å². The maximum absolute atomic E-state index is 13.0. The first-order chi connectivity index (χ1) is 10.5. The highest BCUT2D eigenvalue weighted by atomic mass is 35.5. The number of anilines is 1. The second-order valence-corrected chi connectivity index (χ2v) is 5.49. The maximum atomic E-state index is 13.0. The summed E-state index contributed by atoms with van der Waals surface area (Å²) in [4.78, 5) is 0. The summed E-state index contributed by atoms with van der Waals surface area (Å²) < 4.78 is 18.6. The molecule has 0 heterocycles. The van der Waals surface area contributed by atoms with Gasteiger partial charge in [0.25, 0.3) is 0 Å². The van der Waals surface area contributed by atoms with Gasteiger partial charge in [-0.2, -0.15) is 0 Å². The third-order valence-corrected chi connectivity index (χ3v) is 3.39. The zero-order valence-electron chi connectivity index (χ0n) is 12.0. The van der Waals surface area contributed by atoms with Gasteiger partial charge < -0.3 is 15.4 Å². The van der Waals surface area contributed by atoms with Crippen LogP contribution in [0.3, 0.4) is 0 Å². The van der Waals surface area contributed by atoms with Crippen LogP contribution in [0.1, 0.15) is 5.56 Å². The third kappa shape index (κ3) is 5.16. The lowest BCUT2D eigenvalue weighted by atomic mass is 10.2. The number of thiocarbonyl (C=S) groups is 1. The van der Waals surface area contributed by atoms with Crippen LogP contribution in [0.5, 0.6) is 5.75 Å². The van der Waals surface area contributed by atoms with Crippen LogP contribution in [0.25, 0.3) is 0 Å². The molecule has 0 spiro atoms. The van der Waals surface area contributed by atoms with Crippen molar-refractivity contribution in [3.63, 3.8) is 0 Å². The topological polar surface area (TPSA) is 33.3 Å². The molecule has 2 rings (SSSR count). The van der Waals surface area contributed by atoms with E-state index in [-0.39, 0.29) is 5.02 Å². The number of ether oxygens (including phenoxy) is 1. The first-order valence-corrected chi connectivity index (χ1v) is 7.52. The molecule has 0 amide bonds. The molecule has 0 fully saturated rings. The van der Waals surface area contributed by atoms with Crippen molar-refractivity contribution in [1.82, 2.24) is 5.32 Å². The molecule has 0 radical (unpaired) electrons. The van der Waals surface area contributed by atoms with E-state index >= 15 is 0 Å². The van der Waals surface area contributed by atoms with Crippen molar-refractivity contribution in [3.8, 4) is 5.75 Å². The maximum Gasteiger partial charge on any atom is 0.170 e. The molecule has 0 aliphatic rings. The Hall–Kier alpha value is -1.85. The monoisotopic (exact) mass is 338 g/mol. The Bertz CT molecular complexity index is 649. The average Bonchev–Trinajstić information content (AvgIpc) is 2.49. The fraction of sp³-hybridized carbons (Fsp3) is 0.188. The summed E-state index contributed by atoms with van der Waals surface area (Å²) in [5.41, 5.74) is 1.82. The van der Waals surface area contributed by atoms with E-state index in [4.69, 9.17) is 28.6 Å². The first kappa shape index (κ1) is 16.5. The van der Waals surface area contributed by atoms with Crippen LogP contribution < -0.4 is 15.4 Å². The number of hydrogen-bond donors (Lipinski definition) is 2. The van der Waals surface area contributed by atoms with Crippen LogP contribution in [0.4, 0.5) is 10.1 Å². The minimum absolute atomic E-state index is 0.0514. The molecule has 0 unspecified atom stereocenters. The fourth-order valence-corrected chi connectivity index (χ4v) is 2.12. The number of benzene rings is 2.